The minimum atomic E-state index is -4.66. The van der Waals surface area contributed by atoms with E-state index in [-0.39, 0.29) is 6.54 Å². The number of carbonyl (C=O) groups is 2. The molecule has 1 atom stereocenters. The molecule has 0 aliphatic heterocycles. The number of benzene rings is 1. The molecule has 134 valence electrons. The Hall–Kier alpha value is -2.09. The first-order valence-corrected chi connectivity index (χ1v) is 7.32. The maximum Gasteiger partial charge on any atom is 0.417 e. The first kappa shape index (κ1) is 20.0. The Morgan fingerprint density at radius 3 is 2.25 bits per heavy atom. The second-order valence-corrected chi connectivity index (χ2v) is 6.41. The minimum Gasteiger partial charge on any atom is -0.391 e. The third-order valence-corrected chi connectivity index (χ3v) is 3.38. The van der Waals surface area contributed by atoms with Crippen molar-refractivity contribution in [3.8, 4) is 0 Å². The van der Waals surface area contributed by atoms with Gasteiger partial charge in [0.25, 0.3) is 5.91 Å². The fourth-order valence-corrected chi connectivity index (χ4v) is 1.76. The topological polar surface area (TPSA) is 78.4 Å². The van der Waals surface area contributed by atoms with E-state index in [9.17, 15) is 27.9 Å². The van der Waals surface area contributed by atoms with Crippen molar-refractivity contribution >= 4 is 11.8 Å². The summed E-state index contributed by atoms with van der Waals surface area (Å²) in [6.45, 7) is 4.87. The van der Waals surface area contributed by atoms with E-state index < -0.39 is 47.2 Å². The molecule has 0 bridgehead atoms. The summed E-state index contributed by atoms with van der Waals surface area (Å²) in [6, 6.07) is 4.33. The molecule has 2 amide bonds. The molecule has 0 aliphatic rings. The highest BCUT2D eigenvalue weighted by molar-refractivity contribution is 5.97. The summed E-state index contributed by atoms with van der Waals surface area (Å²) in [7, 11) is 0. The van der Waals surface area contributed by atoms with Crippen molar-refractivity contribution < 1.29 is 27.9 Å². The lowest BCUT2D eigenvalue weighted by Crippen LogP contribution is -2.43. The van der Waals surface area contributed by atoms with Crippen LogP contribution in [-0.2, 0) is 11.0 Å². The average Bonchev–Trinajstić information content (AvgIpc) is 2.48. The molecule has 0 aliphatic carbocycles. The standard InChI is InChI=1S/C16H21F3N2O3/c1-15(2,3)12(22)8-20-13(23)9-21-14(24)10-6-4-5-7-11(10)16(17,18)19/h4-7,12,22H,8-9H2,1-3H3,(H,20,23)(H,21,24). The third-order valence-electron chi connectivity index (χ3n) is 3.38. The molecule has 1 aromatic carbocycles. The van der Waals surface area contributed by atoms with Crippen molar-refractivity contribution in [3.05, 3.63) is 35.4 Å². The number of nitrogens with one attached hydrogen (secondary N) is 2. The van der Waals surface area contributed by atoms with Gasteiger partial charge in [0.05, 0.1) is 23.8 Å². The fourth-order valence-electron chi connectivity index (χ4n) is 1.76. The minimum absolute atomic E-state index is 0.0165. The predicted octanol–water partition coefficient (Wildman–Crippen LogP) is 1.96. The van der Waals surface area contributed by atoms with Gasteiger partial charge in [-0.3, -0.25) is 9.59 Å². The number of hydrogen-bond donors (Lipinski definition) is 3. The Bertz CT molecular complexity index is 595. The zero-order valence-electron chi connectivity index (χ0n) is 13.7. The number of amides is 2. The van der Waals surface area contributed by atoms with Crippen LogP contribution >= 0.6 is 0 Å². The summed E-state index contributed by atoms with van der Waals surface area (Å²) in [5.41, 5.74) is -2.04. The Morgan fingerprint density at radius 1 is 1.12 bits per heavy atom. The lowest BCUT2D eigenvalue weighted by Gasteiger charge is -2.25. The van der Waals surface area contributed by atoms with Crippen molar-refractivity contribution in [2.75, 3.05) is 13.1 Å². The zero-order chi connectivity index (χ0) is 18.5. The lowest BCUT2D eigenvalue weighted by atomic mass is 9.89. The molecule has 8 heteroatoms. The maximum atomic E-state index is 12.8. The molecule has 0 saturated carbocycles. The number of aliphatic hydroxyl groups excluding tert-OH is 1. The van der Waals surface area contributed by atoms with Crippen LogP contribution < -0.4 is 10.6 Å². The van der Waals surface area contributed by atoms with Gasteiger partial charge in [-0.05, 0) is 17.5 Å². The molecule has 1 rings (SSSR count). The van der Waals surface area contributed by atoms with Gasteiger partial charge in [-0.1, -0.05) is 32.9 Å². The first-order valence-electron chi connectivity index (χ1n) is 7.32. The molecule has 0 saturated heterocycles. The first-order chi connectivity index (χ1) is 10.9. The van der Waals surface area contributed by atoms with Crippen LogP contribution in [0, 0.1) is 5.41 Å². The van der Waals surface area contributed by atoms with Gasteiger partial charge in [0.1, 0.15) is 0 Å². The van der Waals surface area contributed by atoms with Gasteiger partial charge in [0, 0.05) is 6.54 Å². The Kier molecular flexibility index (Phi) is 6.36. The summed E-state index contributed by atoms with van der Waals surface area (Å²) in [4.78, 5) is 23.5. The van der Waals surface area contributed by atoms with Gasteiger partial charge >= 0.3 is 6.18 Å². The van der Waals surface area contributed by atoms with Crippen LogP contribution in [-0.4, -0.2) is 36.1 Å². The van der Waals surface area contributed by atoms with E-state index in [1.54, 1.807) is 20.8 Å². The number of carbonyl (C=O) groups excluding carboxylic acids is 2. The van der Waals surface area contributed by atoms with E-state index in [0.717, 1.165) is 12.1 Å². The second kappa shape index (κ2) is 7.65. The van der Waals surface area contributed by atoms with E-state index in [1.165, 1.54) is 12.1 Å². The van der Waals surface area contributed by atoms with Crippen molar-refractivity contribution in [2.24, 2.45) is 5.41 Å². The van der Waals surface area contributed by atoms with Crippen molar-refractivity contribution in [2.45, 2.75) is 33.1 Å². The highest BCUT2D eigenvalue weighted by atomic mass is 19.4. The van der Waals surface area contributed by atoms with Gasteiger partial charge in [0.15, 0.2) is 0 Å². The zero-order valence-corrected chi connectivity index (χ0v) is 13.7. The summed E-state index contributed by atoms with van der Waals surface area (Å²) in [5, 5.41) is 14.3. The van der Waals surface area contributed by atoms with E-state index in [1.807, 2.05) is 0 Å². The van der Waals surface area contributed by atoms with Crippen LogP contribution in [0.4, 0.5) is 13.2 Å². The summed E-state index contributed by atoms with van der Waals surface area (Å²) in [5.74, 6) is -1.59. The summed E-state index contributed by atoms with van der Waals surface area (Å²) in [6.07, 6.45) is -5.45. The molecule has 5 nitrogen and oxygen atoms in total. The monoisotopic (exact) mass is 346 g/mol. The van der Waals surface area contributed by atoms with Crippen LogP contribution in [0.2, 0.25) is 0 Å². The van der Waals surface area contributed by atoms with E-state index in [2.05, 4.69) is 10.6 Å². The SMILES string of the molecule is CC(C)(C)C(O)CNC(=O)CNC(=O)c1ccccc1C(F)(F)F. The summed E-state index contributed by atoms with van der Waals surface area (Å²) >= 11 is 0. The van der Waals surface area contributed by atoms with Crippen molar-refractivity contribution in [1.82, 2.24) is 10.6 Å². The normalized spacial score (nSPS) is 13.3. The van der Waals surface area contributed by atoms with Crippen LogP contribution in [0.5, 0.6) is 0 Å². The van der Waals surface area contributed by atoms with Gasteiger partial charge in [0.2, 0.25) is 5.91 Å². The fraction of sp³-hybridized carbons (Fsp3) is 0.500. The maximum absolute atomic E-state index is 12.8. The molecule has 1 unspecified atom stereocenters. The largest absolute Gasteiger partial charge is 0.417 e. The van der Waals surface area contributed by atoms with Crippen LogP contribution in [0.25, 0.3) is 0 Å². The smallest absolute Gasteiger partial charge is 0.391 e. The van der Waals surface area contributed by atoms with Gasteiger partial charge in [-0.25, -0.2) is 0 Å². The highest BCUT2D eigenvalue weighted by Gasteiger charge is 2.34. The van der Waals surface area contributed by atoms with E-state index in [4.69, 9.17) is 0 Å². The predicted molar refractivity (Wildman–Crippen MR) is 82.2 cm³/mol. The molecule has 3 N–H and O–H groups in total. The average molecular weight is 346 g/mol. The van der Waals surface area contributed by atoms with Gasteiger partial charge in [-0.2, -0.15) is 13.2 Å². The number of rotatable bonds is 5. The third kappa shape index (κ3) is 5.84. The number of alkyl halides is 3. The molecule has 1 aromatic rings. The van der Waals surface area contributed by atoms with Crippen LogP contribution in [0.15, 0.2) is 24.3 Å². The number of halogens is 3. The van der Waals surface area contributed by atoms with Crippen LogP contribution in [0.3, 0.4) is 0 Å². The van der Waals surface area contributed by atoms with Gasteiger partial charge in [-0.15, -0.1) is 0 Å². The van der Waals surface area contributed by atoms with E-state index >= 15 is 0 Å². The molecule has 0 radical (unpaired) electrons. The molecule has 0 aromatic heterocycles. The lowest BCUT2D eigenvalue weighted by molar-refractivity contribution is -0.137. The quantitative estimate of drug-likeness (QED) is 0.763. The van der Waals surface area contributed by atoms with Gasteiger partial charge < -0.3 is 15.7 Å². The molecule has 24 heavy (non-hydrogen) atoms. The van der Waals surface area contributed by atoms with E-state index in [0.29, 0.717) is 0 Å². The van der Waals surface area contributed by atoms with Crippen molar-refractivity contribution in [3.63, 3.8) is 0 Å². The highest BCUT2D eigenvalue weighted by Crippen LogP contribution is 2.31. The number of hydrogen-bond acceptors (Lipinski definition) is 3. The van der Waals surface area contributed by atoms with Crippen molar-refractivity contribution in [1.29, 1.82) is 0 Å². The molecular weight excluding hydrogens is 325 g/mol. The Morgan fingerprint density at radius 2 is 1.71 bits per heavy atom. The molecule has 0 spiro atoms. The second-order valence-electron chi connectivity index (χ2n) is 6.41. The molecule has 0 fully saturated rings. The summed E-state index contributed by atoms with van der Waals surface area (Å²) < 4.78 is 38.5. The van der Waals surface area contributed by atoms with Crippen LogP contribution in [0.1, 0.15) is 36.7 Å². The molecular formula is C16H21F3N2O3. The Balaban J connectivity index is 2.60. The Labute approximate surface area is 138 Å². The number of aliphatic hydroxyl groups is 1. The molecule has 0 heterocycles.